The molecular weight excluding hydrogens is 322 g/mol. The van der Waals surface area contributed by atoms with E-state index in [0.717, 1.165) is 21.7 Å². The van der Waals surface area contributed by atoms with Gasteiger partial charge in [-0.15, -0.1) is 11.3 Å². The second-order valence-electron chi connectivity index (χ2n) is 5.58. The van der Waals surface area contributed by atoms with E-state index in [1.54, 1.807) is 0 Å². The van der Waals surface area contributed by atoms with Gasteiger partial charge in [0, 0.05) is 11.8 Å². The molecule has 2 aromatic heterocycles. The summed E-state index contributed by atoms with van der Waals surface area (Å²) in [6.45, 7) is 3.87. The van der Waals surface area contributed by atoms with Crippen LogP contribution in [0.1, 0.15) is 11.1 Å². The van der Waals surface area contributed by atoms with Crippen molar-refractivity contribution < 1.29 is 4.79 Å². The van der Waals surface area contributed by atoms with E-state index in [0.29, 0.717) is 5.69 Å². The molecule has 1 aromatic carbocycles. The highest BCUT2D eigenvalue weighted by Crippen LogP contribution is 2.20. The minimum absolute atomic E-state index is 0.0656. The third-order valence-electron chi connectivity index (χ3n) is 3.62. The summed E-state index contributed by atoms with van der Waals surface area (Å²) in [4.78, 5) is 29.6. The van der Waals surface area contributed by atoms with Gasteiger partial charge >= 0.3 is 0 Å². The van der Waals surface area contributed by atoms with Crippen molar-refractivity contribution in [1.82, 2.24) is 9.55 Å². The Labute approximate surface area is 143 Å². The van der Waals surface area contributed by atoms with E-state index in [-0.39, 0.29) is 18.0 Å². The fourth-order valence-electron chi connectivity index (χ4n) is 2.40. The van der Waals surface area contributed by atoms with E-state index in [1.807, 2.05) is 49.6 Å². The van der Waals surface area contributed by atoms with Crippen molar-refractivity contribution in [2.24, 2.45) is 0 Å². The van der Waals surface area contributed by atoms with Crippen LogP contribution in [0.25, 0.3) is 10.6 Å². The number of aromatic nitrogens is 2. The molecule has 0 atom stereocenters. The first-order valence-corrected chi connectivity index (χ1v) is 8.38. The van der Waals surface area contributed by atoms with Crippen LogP contribution < -0.4 is 10.9 Å². The average Bonchev–Trinajstić information content (AvgIpc) is 3.06. The molecule has 0 aliphatic heterocycles. The Bertz CT molecular complexity index is 930. The first-order chi connectivity index (χ1) is 11.5. The van der Waals surface area contributed by atoms with Crippen molar-refractivity contribution in [2.75, 3.05) is 5.32 Å². The standard InChI is InChI=1S/C18H17N3O2S/c1-12-5-6-14(13(2)8-12)20-17(22)10-21-11-19-15(9-18(21)23)16-4-3-7-24-16/h3-9,11H,10H2,1-2H3,(H,20,22). The Morgan fingerprint density at radius 3 is 2.75 bits per heavy atom. The molecule has 0 bridgehead atoms. The van der Waals surface area contributed by atoms with Crippen molar-refractivity contribution in [1.29, 1.82) is 0 Å². The largest absolute Gasteiger partial charge is 0.324 e. The van der Waals surface area contributed by atoms with Gasteiger partial charge in [-0.1, -0.05) is 23.8 Å². The molecular formula is C18H17N3O2S. The molecule has 24 heavy (non-hydrogen) atoms. The molecule has 5 nitrogen and oxygen atoms in total. The van der Waals surface area contributed by atoms with Gasteiger partial charge in [0.25, 0.3) is 5.56 Å². The lowest BCUT2D eigenvalue weighted by Gasteiger charge is -2.10. The zero-order chi connectivity index (χ0) is 17.1. The first-order valence-electron chi connectivity index (χ1n) is 7.50. The molecule has 0 saturated heterocycles. The summed E-state index contributed by atoms with van der Waals surface area (Å²) in [5.41, 5.74) is 3.25. The lowest BCUT2D eigenvalue weighted by molar-refractivity contribution is -0.116. The minimum Gasteiger partial charge on any atom is -0.324 e. The summed E-state index contributed by atoms with van der Waals surface area (Å²) in [5.74, 6) is -0.255. The molecule has 0 saturated carbocycles. The third kappa shape index (κ3) is 3.60. The zero-order valence-corrected chi connectivity index (χ0v) is 14.3. The number of carbonyl (C=O) groups is 1. The van der Waals surface area contributed by atoms with Crippen molar-refractivity contribution in [3.8, 4) is 10.6 Å². The van der Waals surface area contributed by atoms with E-state index < -0.39 is 0 Å². The first kappa shape index (κ1) is 16.1. The van der Waals surface area contributed by atoms with Crippen molar-refractivity contribution in [3.05, 3.63) is 69.6 Å². The highest BCUT2D eigenvalue weighted by Gasteiger charge is 2.09. The van der Waals surface area contributed by atoms with Crippen LogP contribution in [-0.4, -0.2) is 15.5 Å². The number of rotatable bonds is 4. The molecule has 0 aliphatic carbocycles. The predicted molar refractivity (Wildman–Crippen MR) is 96.4 cm³/mol. The number of nitrogens with zero attached hydrogens (tertiary/aromatic N) is 2. The monoisotopic (exact) mass is 339 g/mol. The van der Waals surface area contributed by atoms with Crippen molar-refractivity contribution >= 4 is 22.9 Å². The van der Waals surface area contributed by atoms with Gasteiger partial charge in [0.05, 0.1) is 16.9 Å². The Morgan fingerprint density at radius 2 is 2.08 bits per heavy atom. The maximum Gasteiger partial charge on any atom is 0.254 e. The number of anilines is 1. The van der Waals surface area contributed by atoms with E-state index in [4.69, 9.17) is 0 Å². The Morgan fingerprint density at radius 1 is 1.25 bits per heavy atom. The van der Waals surface area contributed by atoms with Crippen molar-refractivity contribution in [3.63, 3.8) is 0 Å². The molecule has 1 N–H and O–H groups in total. The summed E-state index contributed by atoms with van der Waals surface area (Å²) >= 11 is 1.52. The summed E-state index contributed by atoms with van der Waals surface area (Å²) in [6.07, 6.45) is 1.42. The molecule has 122 valence electrons. The number of amides is 1. The molecule has 6 heteroatoms. The van der Waals surface area contributed by atoms with Gasteiger partial charge in [-0.3, -0.25) is 14.2 Å². The molecule has 3 rings (SSSR count). The molecule has 0 unspecified atom stereocenters. The number of hydrogen-bond donors (Lipinski definition) is 1. The highest BCUT2D eigenvalue weighted by molar-refractivity contribution is 7.13. The van der Waals surface area contributed by atoms with E-state index in [2.05, 4.69) is 10.3 Å². The number of hydrogen-bond acceptors (Lipinski definition) is 4. The summed E-state index contributed by atoms with van der Waals surface area (Å²) in [6, 6.07) is 11.1. The van der Waals surface area contributed by atoms with Crippen LogP contribution in [0.3, 0.4) is 0 Å². The predicted octanol–water partition coefficient (Wildman–Crippen LogP) is 3.23. The highest BCUT2D eigenvalue weighted by atomic mass is 32.1. The third-order valence-corrected chi connectivity index (χ3v) is 4.52. The smallest absolute Gasteiger partial charge is 0.254 e. The Kier molecular flexibility index (Phi) is 4.57. The minimum atomic E-state index is -0.255. The van der Waals surface area contributed by atoms with Gasteiger partial charge in [-0.2, -0.15) is 0 Å². The second kappa shape index (κ2) is 6.80. The zero-order valence-electron chi connectivity index (χ0n) is 13.4. The molecule has 3 aromatic rings. The number of benzene rings is 1. The van der Waals surface area contributed by atoms with Gasteiger partial charge in [-0.25, -0.2) is 4.98 Å². The Hall–Kier alpha value is -2.73. The molecule has 0 spiro atoms. The molecule has 0 fully saturated rings. The molecule has 2 heterocycles. The number of aryl methyl sites for hydroxylation is 2. The molecule has 0 aliphatic rings. The number of carbonyl (C=O) groups excluding carboxylic acids is 1. The fraction of sp³-hybridized carbons (Fsp3) is 0.167. The van der Waals surface area contributed by atoms with Crippen LogP contribution in [0, 0.1) is 13.8 Å². The lowest BCUT2D eigenvalue weighted by atomic mass is 10.1. The number of thiophene rings is 1. The van der Waals surface area contributed by atoms with E-state index in [9.17, 15) is 9.59 Å². The topological polar surface area (TPSA) is 64.0 Å². The number of nitrogens with one attached hydrogen (secondary N) is 1. The molecule has 0 radical (unpaired) electrons. The fourth-order valence-corrected chi connectivity index (χ4v) is 3.10. The summed E-state index contributed by atoms with van der Waals surface area (Å²) < 4.78 is 1.30. The van der Waals surface area contributed by atoms with Crippen LogP contribution in [0.4, 0.5) is 5.69 Å². The maximum atomic E-state index is 12.2. The van der Waals surface area contributed by atoms with Crippen LogP contribution >= 0.6 is 11.3 Å². The van der Waals surface area contributed by atoms with Gasteiger partial charge < -0.3 is 5.32 Å². The van der Waals surface area contributed by atoms with Gasteiger partial charge in [0.15, 0.2) is 0 Å². The average molecular weight is 339 g/mol. The van der Waals surface area contributed by atoms with Gasteiger partial charge in [0.2, 0.25) is 5.91 Å². The van der Waals surface area contributed by atoms with E-state index in [1.165, 1.54) is 28.3 Å². The quantitative estimate of drug-likeness (QED) is 0.794. The van der Waals surface area contributed by atoms with Gasteiger partial charge in [-0.05, 0) is 36.9 Å². The van der Waals surface area contributed by atoms with Gasteiger partial charge in [0.1, 0.15) is 6.54 Å². The molecule has 1 amide bonds. The summed E-state index contributed by atoms with van der Waals surface area (Å²) in [7, 11) is 0. The maximum absolute atomic E-state index is 12.2. The summed E-state index contributed by atoms with van der Waals surface area (Å²) in [5, 5.41) is 4.76. The Balaban J connectivity index is 1.74. The van der Waals surface area contributed by atoms with Crippen LogP contribution in [0.2, 0.25) is 0 Å². The van der Waals surface area contributed by atoms with Crippen LogP contribution in [0.15, 0.2) is 52.9 Å². The van der Waals surface area contributed by atoms with Crippen LogP contribution in [-0.2, 0) is 11.3 Å². The van der Waals surface area contributed by atoms with Crippen molar-refractivity contribution in [2.45, 2.75) is 20.4 Å². The normalized spacial score (nSPS) is 10.6. The van der Waals surface area contributed by atoms with E-state index >= 15 is 0 Å². The second-order valence-corrected chi connectivity index (χ2v) is 6.53. The SMILES string of the molecule is Cc1ccc(NC(=O)Cn2cnc(-c3cccs3)cc2=O)c(C)c1. The lowest BCUT2D eigenvalue weighted by Crippen LogP contribution is -2.27. The van der Waals surface area contributed by atoms with Crippen LogP contribution in [0.5, 0.6) is 0 Å².